The number of nitrogens with one attached hydrogen (secondary N) is 1. The SMILES string of the molecule is O=C(O)c1ccc(N2CCN(CCOc3ccc(Cl)cc3)CC2)c(NC(=O)c2ccc(F)cc2)c1. The number of aromatic carboxylic acids is 1. The van der Waals surface area contributed by atoms with Crippen LogP contribution < -0.4 is 15.0 Å². The Bertz CT molecular complexity index is 1180. The first-order valence-electron chi connectivity index (χ1n) is 11.2. The normalized spacial score (nSPS) is 13.9. The van der Waals surface area contributed by atoms with E-state index < -0.39 is 17.7 Å². The van der Waals surface area contributed by atoms with Crippen molar-refractivity contribution in [2.24, 2.45) is 0 Å². The van der Waals surface area contributed by atoms with Gasteiger partial charge in [-0.25, -0.2) is 9.18 Å². The quantitative estimate of drug-likeness (QED) is 0.472. The topological polar surface area (TPSA) is 82.1 Å². The van der Waals surface area contributed by atoms with E-state index in [1.807, 2.05) is 12.1 Å². The van der Waals surface area contributed by atoms with Gasteiger partial charge in [-0.05, 0) is 66.7 Å². The van der Waals surface area contributed by atoms with E-state index in [1.165, 1.54) is 36.4 Å². The first-order chi connectivity index (χ1) is 16.9. The smallest absolute Gasteiger partial charge is 0.335 e. The number of halogens is 2. The van der Waals surface area contributed by atoms with Gasteiger partial charge in [-0.3, -0.25) is 9.69 Å². The average Bonchev–Trinajstić information content (AvgIpc) is 2.86. The Labute approximate surface area is 207 Å². The number of carboxylic acids is 1. The molecule has 0 unspecified atom stereocenters. The average molecular weight is 498 g/mol. The standard InChI is InChI=1S/C26H25ClFN3O4/c27-20-4-8-22(9-5-20)35-16-15-30-11-13-31(14-12-30)24-10-3-19(26(33)34)17-23(24)29-25(32)18-1-6-21(28)7-2-18/h1-10,17H,11-16H2,(H,29,32)(H,33,34). The van der Waals surface area contributed by atoms with Gasteiger partial charge in [-0.15, -0.1) is 0 Å². The maximum absolute atomic E-state index is 13.2. The second-order valence-electron chi connectivity index (χ2n) is 8.13. The van der Waals surface area contributed by atoms with E-state index in [9.17, 15) is 19.1 Å². The number of carbonyl (C=O) groups is 2. The second kappa shape index (κ2) is 11.2. The lowest BCUT2D eigenvalue weighted by Crippen LogP contribution is -2.47. The van der Waals surface area contributed by atoms with Gasteiger partial charge in [0.05, 0.1) is 16.9 Å². The number of hydrogen-bond acceptors (Lipinski definition) is 5. The molecule has 9 heteroatoms. The lowest BCUT2D eigenvalue weighted by Gasteiger charge is -2.37. The molecule has 3 aromatic carbocycles. The largest absolute Gasteiger partial charge is 0.492 e. The number of benzene rings is 3. The highest BCUT2D eigenvalue weighted by Gasteiger charge is 2.21. The molecule has 3 aromatic rings. The number of amides is 1. The zero-order valence-corrected chi connectivity index (χ0v) is 19.7. The second-order valence-corrected chi connectivity index (χ2v) is 8.57. The van der Waals surface area contributed by atoms with Crippen molar-refractivity contribution in [1.29, 1.82) is 0 Å². The molecule has 1 fully saturated rings. The van der Waals surface area contributed by atoms with Crippen molar-refractivity contribution in [3.63, 3.8) is 0 Å². The van der Waals surface area contributed by atoms with Crippen molar-refractivity contribution in [3.05, 3.63) is 88.7 Å². The van der Waals surface area contributed by atoms with Crippen LogP contribution in [0.25, 0.3) is 0 Å². The number of rotatable bonds is 8. The summed E-state index contributed by atoms with van der Waals surface area (Å²) in [4.78, 5) is 28.6. The molecule has 35 heavy (non-hydrogen) atoms. The Morgan fingerprint density at radius 1 is 0.943 bits per heavy atom. The molecule has 0 aliphatic carbocycles. The summed E-state index contributed by atoms with van der Waals surface area (Å²) in [7, 11) is 0. The maximum atomic E-state index is 13.2. The Morgan fingerprint density at radius 3 is 2.26 bits per heavy atom. The number of hydrogen-bond donors (Lipinski definition) is 2. The number of piperazine rings is 1. The van der Waals surface area contributed by atoms with Crippen LogP contribution in [0.4, 0.5) is 15.8 Å². The van der Waals surface area contributed by atoms with Crippen LogP contribution in [-0.2, 0) is 0 Å². The lowest BCUT2D eigenvalue weighted by atomic mass is 10.1. The van der Waals surface area contributed by atoms with E-state index in [0.29, 0.717) is 30.4 Å². The molecule has 1 amide bonds. The molecule has 7 nitrogen and oxygen atoms in total. The van der Waals surface area contributed by atoms with Crippen molar-refractivity contribution < 1.29 is 23.8 Å². The van der Waals surface area contributed by atoms with Crippen LogP contribution in [0, 0.1) is 5.82 Å². The van der Waals surface area contributed by atoms with Gasteiger partial charge < -0.3 is 20.1 Å². The van der Waals surface area contributed by atoms with Gasteiger partial charge in [0.25, 0.3) is 5.91 Å². The molecule has 1 heterocycles. The highest BCUT2D eigenvalue weighted by atomic mass is 35.5. The number of anilines is 2. The summed E-state index contributed by atoms with van der Waals surface area (Å²) in [5.41, 5.74) is 1.49. The van der Waals surface area contributed by atoms with Gasteiger partial charge in [0.1, 0.15) is 18.2 Å². The number of carbonyl (C=O) groups excluding carboxylic acids is 1. The van der Waals surface area contributed by atoms with Gasteiger partial charge in [0, 0.05) is 43.3 Å². The van der Waals surface area contributed by atoms with E-state index >= 15 is 0 Å². The van der Waals surface area contributed by atoms with Crippen LogP contribution in [0.1, 0.15) is 20.7 Å². The summed E-state index contributed by atoms with van der Waals surface area (Å²) < 4.78 is 19.0. The van der Waals surface area contributed by atoms with Crippen molar-refractivity contribution in [1.82, 2.24) is 4.90 Å². The van der Waals surface area contributed by atoms with Gasteiger partial charge >= 0.3 is 5.97 Å². The van der Waals surface area contributed by atoms with Crippen LogP contribution >= 0.6 is 11.6 Å². The van der Waals surface area contributed by atoms with Gasteiger partial charge in [0.15, 0.2) is 0 Å². The minimum Gasteiger partial charge on any atom is -0.492 e. The summed E-state index contributed by atoms with van der Waals surface area (Å²) in [6.07, 6.45) is 0. The van der Waals surface area contributed by atoms with Crippen molar-refractivity contribution in [2.75, 3.05) is 49.5 Å². The fourth-order valence-electron chi connectivity index (χ4n) is 3.88. The number of carboxylic acid groups (broad SMARTS) is 1. The molecule has 182 valence electrons. The van der Waals surface area contributed by atoms with Crippen LogP contribution in [0.3, 0.4) is 0 Å². The van der Waals surface area contributed by atoms with Crippen molar-refractivity contribution >= 4 is 34.9 Å². The highest BCUT2D eigenvalue weighted by molar-refractivity contribution is 6.30. The number of ether oxygens (including phenoxy) is 1. The Morgan fingerprint density at radius 2 is 1.60 bits per heavy atom. The van der Waals surface area contributed by atoms with Gasteiger partial charge in [0.2, 0.25) is 0 Å². The van der Waals surface area contributed by atoms with Crippen molar-refractivity contribution in [2.45, 2.75) is 0 Å². The third-order valence-corrected chi connectivity index (χ3v) is 6.05. The van der Waals surface area contributed by atoms with E-state index in [4.69, 9.17) is 16.3 Å². The van der Waals surface area contributed by atoms with E-state index in [1.54, 1.807) is 18.2 Å². The monoisotopic (exact) mass is 497 g/mol. The molecule has 1 saturated heterocycles. The summed E-state index contributed by atoms with van der Waals surface area (Å²) >= 11 is 5.90. The minimum atomic E-state index is -1.08. The molecule has 0 spiro atoms. The molecule has 4 rings (SSSR count). The van der Waals surface area contributed by atoms with E-state index in [2.05, 4.69) is 15.1 Å². The third kappa shape index (κ3) is 6.49. The Hall–Kier alpha value is -3.62. The van der Waals surface area contributed by atoms with Gasteiger partial charge in [-0.2, -0.15) is 0 Å². The fraction of sp³-hybridized carbons (Fsp3) is 0.231. The third-order valence-electron chi connectivity index (χ3n) is 5.80. The van der Waals surface area contributed by atoms with Crippen LogP contribution in [0.15, 0.2) is 66.7 Å². The molecule has 0 radical (unpaired) electrons. The molecule has 2 N–H and O–H groups in total. The first-order valence-corrected chi connectivity index (χ1v) is 11.6. The van der Waals surface area contributed by atoms with E-state index in [-0.39, 0.29) is 11.1 Å². The van der Waals surface area contributed by atoms with Crippen LogP contribution in [0.2, 0.25) is 5.02 Å². The lowest BCUT2D eigenvalue weighted by molar-refractivity contribution is 0.0696. The molecule has 0 bridgehead atoms. The molecule has 0 saturated carbocycles. The Kier molecular flexibility index (Phi) is 7.84. The molecule has 1 aliphatic rings. The number of nitrogens with zero attached hydrogens (tertiary/aromatic N) is 2. The summed E-state index contributed by atoms with van der Waals surface area (Å²) in [5.74, 6) is -1.19. The van der Waals surface area contributed by atoms with Gasteiger partial charge in [-0.1, -0.05) is 11.6 Å². The molecule has 1 aliphatic heterocycles. The van der Waals surface area contributed by atoms with Crippen LogP contribution in [0.5, 0.6) is 5.75 Å². The zero-order chi connectivity index (χ0) is 24.8. The molecular weight excluding hydrogens is 473 g/mol. The maximum Gasteiger partial charge on any atom is 0.335 e. The van der Waals surface area contributed by atoms with E-state index in [0.717, 1.165) is 31.1 Å². The molecule has 0 atom stereocenters. The Balaban J connectivity index is 1.39. The summed E-state index contributed by atoms with van der Waals surface area (Å²) in [6, 6.07) is 17.1. The summed E-state index contributed by atoms with van der Waals surface area (Å²) in [6.45, 7) is 4.29. The molecular formula is C26H25ClFN3O4. The highest BCUT2D eigenvalue weighted by Crippen LogP contribution is 2.29. The van der Waals surface area contributed by atoms with Crippen LogP contribution in [-0.4, -0.2) is 61.2 Å². The van der Waals surface area contributed by atoms with Crippen molar-refractivity contribution in [3.8, 4) is 5.75 Å². The molecule has 0 aromatic heterocycles. The zero-order valence-electron chi connectivity index (χ0n) is 18.9. The summed E-state index contributed by atoms with van der Waals surface area (Å²) in [5, 5.41) is 12.9. The predicted molar refractivity (Wildman–Crippen MR) is 133 cm³/mol. The first kappa shape index (κ1) is 24.5. The fourth-order valence-corrected chi connectivity index (χ4v) is 4.00. The minimum absolute atomic E-state index is 0.0705. The predicted octanol–water partition coefficient (Wildman–Crippen LogP) is 4.63.